The van der Waals surface area contributed by atoms with Crippen molar-refractivity contribution in [2.75, 3.05) is 9.80 Å². The Balaban J connectivity index is 1.17. The standard InChI is InChI=1S/C62H52N2/c1-61(2,3)53-35-31-50-49(59(53)63(39-19-9-7-10-20-39)55-37-33-47-43-25-15-13-23-41(43)45-27-17-29-51(55)57(45)47)32-36-54(62(4,5)6)60(50)64(40-21-11-8-12-22-40)56-38-34-48-44-26-16-14-24-42(44)46-28-18-30-52(56)58(46)48/h7-38,47,57H,1-6H3. The van der Waals surface area contributed by atoms with Gasteiger partial charge in [0.2, 0.25) is 0 Å². The van der Waals surface area contributed by atoms with Gasteiger partial charge < -0.3 is 9.80 Å². The van der Waals surface area contributed by atoms with Gasteiger partial charge in [-0.15, -0.1) is 0 Å². The van der Waals surface area contributed by atoms with Crippen LogP contribution in [0.3, 0.4) is 0 Å². The Kier molecular flexibility index (Phi) is 8.53. The predicted molar refractivity (Wildman–Crippen MR) is 273 cm³/mol. The minimum atomic E-state index is -0.178. The van der Waals surface area contributed by atoms with E-state index in [1.807, 2.05) is 0 Å². The zero-order chi connectivity index (χ0) is 43.5. The molecule has 4 aliphatic rings. The summed E-state index contributed by atoms with van der Waals surface area (Å²) >= 11 is 0. The van der Waals surface area contributed by atoms with Crippen LogP contribution in [0.1, 0.15) is 69.7 Å². The van der Waals surface area contributed by atoms with Gasteiger partial charge in [0, 0.05) is 45.1 Å². The van der Waals surface area contributed by atoms with E-state index in [2.05, 4.69) is 246 Å². The molecule has 2 atom stereocenters. The largest absolute Gasteiger partial charge is 0.309 e. The first-order valence-electron chi connectivity index (χ1n) is 22.9. The Morgan fingerprint density at radius 2 is 0.984 bits per heavy atom. The molecular weight excluding hydrogens is 773 g/mol. The van der Waals surface area contributed by atoms with Crippen LogP contribution in [0.5, 0.6) is 0 Å². The summed E-state index contributed by atoms with van der Waals surface area (Å²) in [6.07, 6.45) is 11.9. The maximum absolute atomic E-state index is 2.60. The average molecular weight is 825 g/mol. The van der Waals surface area contributed by atoms with Crippen molar-refractivity contribution < 1.29 is 0 Å². The highest BCUT2D eigenvalue weighted by Gasteiger charge is 2.42. The zero-order valence-corrected chi connectivity index (χ0v) is 37.5. The number of rotatable bonds is 6. The van der Waals surface area contributed by atoms with E-state index in [0.717, 1.165) is 11.4 Å². The van der Waals surface area contributed by atoms with Crippen molar-refractivity contribution in [1.29, 1.82) is 0 Å². The van der Waals surface area contributed by atoms with Crippen LogP contribution < -0.4 is 9.80 Å². The monoisotopic (exact) mass is 824 g/mol. The lowest BCUT2D eigenvalue weighted by molar-refractivity contribution is 0.589. The Bertz CT molecular complexity index is 3320. The summed E-state index contributed by atoms with van der Waals surface area (Å²) in [6, 6.07) is 61.4. The summed E-state index contributed by atoms with van der Waals surface area (Å²) in [5.74, 6) is 0.567. The van der Waals surface area contributed by atoms with E-state index >= 15 is 0 Å². The highest BCUT2D eigenvalue weighted by atomic mass is 15.2. The molecule has 0 spiro atoms. The van der Waals surface area contributed by atoms with Crippen LogP contribution in [0.2, 0.25) is 0 Å². The molecule has 12 rings (SSSR count). The first-order valence-corrected chi connectivity index (χ1v) is 22.9. The van der Waals surface area contributed by atoms with Gasteiger partial charge in [-0.3, -0.25) is 0 Å². The minimum absolute atomic E-state index is 0.172. The molecule has 64 heavy (non-hydrogen) atoms. The molecule has 8 aromatic carbocycles. The smallest absolute Gasteiger partial charge is 0.0578 e. The van der Waals surface area contributed by atoms with Crippen LogP contribution in [-0.2, 0) is 10.8 Å². The number of hydrogen-bond acceptors (Lipinski definition) is 2. The van der Waals surface area contributed by atoms with Crippen LogP contribution in [0.4, 0.5) is 28.4 Å². The number of fused-ring (bicyclic) bond motifs is 7. The van der Waals surface area contributed by atoms with Crippen molar-refractivity contribution in [3.8, 4) is 22.3 Å². The molecule has 2 unspecified atom stereocenters. The zero-order valence-electron chi connectivity index (χ0n) is 37.5. The van der Waals surface area contributed by atoms with E-state index in [9.17, 15) is 0 Å². The van der Waals surface area contributed by atoms with Gasteiger partial charge in [-0.2, -0.15) is 0 Å². The Morgan fingerprint density at radius 3 is 1.62 bits per heavy atom. The first-order chi connectivity index (χ1) is 31.1. The topological polar surface area (TPSA) is 6.48 Å². The van der Waals surface area contributed by atoms with E-state index in [1.54, 1.807) is 0 Å². The number of anilines is 5. The molecular formula is C62H52N2. The van der Waals surface area contributed by atoms with Crippen molar-refractivity contribution >= 4 is 55.6 Å². The molecule has 0 aromatic heterocycles. The molecule has 0 fully saturated rings. The second kappa shape index (κ2) is 14.2. The molecule has 0 heterocycles. The summed E-state index contributed by atoms with van der Waals surface area (Å²) in [7, 11) is 0. The number of hydrogen-bond donors (Lipinski definition) is 0. The predicted octanol–water partition coefficient (Wildman–Crippen LogP) is 17.0. The fraction of sp³-hybridized carbons (Fsp3) is 0.161. The first kappa shape index (κ1) is 38.5. The van der Waals surface area contributed by atoms with Crippen molar-refractivity contribution in [2.45, 2.75) is 58.3 Å². The Hall–Kier alpha value is -7.16. The van der Waals surface area contributed by atoms with Crippen LogP contribution >= 0.6 is 0 Å². The maximum Gasteiger partial charge on any atom is 0.0578 e. The lowest BCUT2D eigenvalue weighted by Crippen LogP contribution is -2.27. The summed E-state index contributed by atoms with van der Waals surface area (Å²) in [4.78, 5) is 5.18. The number of allylic oxidation sites excluding steroid dienone is 7. The summed E-state index contributed by atoms with van der Waals surface area (Å²) in [5.41, 5.74) is 20.2. The van der Waals surface area contributed by atoms with Gasteiger partial charge >= 0.3 is 0 Å². The highest BCUT2D eigenvalue weighted by molar-refractivity contribution is 6.20. The van der Waals surface area contributed by atoms with E-state index in [4.69, 9.17) is 0 Å². The molecule has 0 saturated heterocycles. The average Bonchev–Trinajstić information content (AvgIpc) is 3.82. The Morgan fingerprint density at radius 1 is 0.438 bits per heavy atom. The summed E-state index contributed by atoms with van der Waals surface area (Å²) in [6.45, 7) is 14.2. The van der Waals surface area contributed by atoms with Gasteiger partial charge in [-0.05, 0) is 108 Å². The molecule has 0 aliphatic heterocycles. The third-order valence-corrected chi connectivity index (χ3v) is 14.2. The van der Waals surface area contributed by atoms with Crippen LogP contribution in [0.25, 0.3) is 49.4 Å². The van der Waals surface area contributed by atoms with E-state index in [1.165, 1.54) is 100.0 Å². The van der Waals surface area contributed by atoms with Crippen LogP contribution in [0.15, 0.2) is 205 Å². The fourth-order valence-electron chi connectivity index (χ4n) is 11.4. The SMILES string of the molecule is CC(C)(C)c1ccc2c(N(c3ccccc3)c3ccc4c5c(cccc35)-c3ccccc3-4)c(C(C)(C)C)ccc2c1N(C1=C2C=CC=C3c4ccccc4C(C=C1)C32)c1ccccc1. The van der Waals surface area contributed by atoms with Crippen LogP contribution in [0, 0.1) is 5.92 Å². The van der Waals surface area contributed by atoms with Gasteiger partial charge in [-0.25, -0.2) is 0 Å². The molecule has 2 nitrogen and oxygen atoms in total. The third kappa shape index (κ3) is 5.71. The Labute approximate surface area is 377 Å². The van der Waals surface area contributed by atoms with Crippen molar-refractivity contribution in [2.24, 2.45) is 5.92 Å². The summed E-state index contributed by atoms with van der Waals surface area (Å²) in [5, 5.41) is 5.03. The molecule has 4 aliphatic carbocycles. The third-order valence-electron chi connectivity index (χ3n) is 14.2. The summed E-state index contributed by atoms with van der Waals surface area (Å²) < 4.78 is 0. The second-order valence-corrected chi connectivity index (χ2v) is 20.0. The molecule has 8 aromatic rings. The normalized spacial score (nSPS) is 16.8. The van der Waals surface area contributed by atoms with Crippen molar-refractivity contribution in [3.05, 3.63) is 228 Å². The van der Waals surface area contributed by atoms with E-state index in [0.29, 0.717) is 5.92 Å². The van der Waals surface area contributed by atoms with Crippen molar-refractivity contribution in [3.63, 3.8) is 0 Å². The molecule has 0 saturated carbocycles. The quantitative estimate of drug-likeness (QED) is 0.165. The molecule has 0 N–H and O–H groups in total. The second-order valence-electron chi connectivity index (χ2n) is 20.0. The minimum Gasteiger partial charge on any atom is -0.309 e. The van der Waals surface area contributed by atoms with Gasteiger partial charge in [-0.1, -0.05) is 199 Å². The number of para-hydroxylation sites is 2. The number of nitrogens with zero attached hydrogens (tertiary/aromatic N) is 2. The lowest BCUT2D eigenvalue weighted by atomic mass is 9.76. The van der Waals surface area contributed by atoms with Crippen molar-refractivity contribution in [1.82, 2.24) is 0 Å². The molecule has 2 heteroatoms. The van der Waals surface area contributed by atoms with Gasteiger partial charge in [0.05, 0.1) is 17.1 Å². The molecule has 310 valence electrons. The number of benzene rings is 8. The molecule has 0 radical (unpaired) electrons. The maximum atomic E-state index is 2.60. The van der Waals surface area contributed by atoms with Gasteiger partial charge in [0.25, 0.3) is 0 Å². The van der Waals surface area contributed by atoms with Crippen LogP contribution in [-0.4, -0.2) is 0 Å². The molecule has 0 amide bonds. The molecule has 0 bridgehead atoms. The lowest BCUT2D eigenvalue weighted by Gasteiger charge is -2.39. The van der Waals surface area contributed by atoms with E-state index in [-0.39, 0.29) is 16.7 Å². The fourth-order valence-corrected chi connectivity index (χ4v) is 11.4. The van der Waals surface area contributed by atoms with Gasteiger partial charge in [0.15, 0.2) is 0 Å². The highest BCUT2D eigenvalue weighted by Crippen LogP contribution is 2.58. The van der Waals surface area contributed by atoms with Gasteiger partial charge in [0.1, 0.15) is 0 Å². The van der Waals surface area contributed by atoms with E-state index < -0.39 is 0 Å².